The topological polar surface area (TPSA) is 105 Å². The zero-order chi connectivity index (χ0) is 16.9. The number of aliphatic hydroxyl groups is 1. The van der Waals surface area contributed by atoms with E-state index in [1.54, 1.807) is 32.9 Å². The zero-order valence-electron chi connectivity index (χ0n) is 13.6. The third kappa shape index (κ3) is 5.54. The average molecular weight is 310 g/mol. The highest BCUT2D eigenvalue weighted by Crippen LogP contribution is 2.28. The molecule has 0 aliphatic heterocycles. The monoisotopic (exact) mass is 310 g/mol. The van der Waals surface area contributed by atoms with Gasteiger partial charge < -0.3 is 26.0 Å². The van der Waals surface area contributed by atoms with Gasteiger partial charge in [-0.15, -0.1) is 0 Å². The minimum Gasteiger partial charge on any atom is -0.508 e. The molecule has 0 spiro atoms. The van der Waals surface area contributed by atoms with Crippen LogP contribution in [0.25, 0.3) is 0 Å². The van der Waals surface area contributed by atoms with Crippen molar-refractivity contribution in [1.29, 1.82) is 0 Å². The number of aryl methyl sites for hydroxylation is 1. The van der Waals surface area contributed by atoms with E-state index < -0.39 is 23.8 Å². The van der Waals surface area contributed by atoms with Crippen LogP contribution < -0.4 is 11.1 Å². The molecule has 2 atom stereocenters. The number of phenolic OH excluding ortho intramolecular Hbond substituents is 1. The molecule has 0 saturated carbocycles. The van der Waals surface area contributed by atoms with Crippen molar-refractivity contribution in [3.8, 4) is 5.75 Å². The number of rotatable bonds is 5. The smallest absolute Gasteiger partial charge is 0.407 e. The number of ether oxygens (including phenoxy) is 1. The number of aromatic hydroxyl groups is 1. The third-order valence-electron chi connectivity index (χ3n) is 3.06. The largest absolute Gasteiger partial charge is 0.508 e. The van der Waals surface area contributed by atoms with Crippen LogP contribution in [0.4, 0.5) is 4.79 Å². The molecule has 0 bridgehead atoms. The van der Waals surface area contributed by atoms with Crippen molar-refractivity contribution in [1.82, 2.24) is 5.32 Å². The van der Waals surface area contributed by atoms with Gasteiger partial charge in [-0.3, -0.25) is 0 Å². The fourth-order valence-electron chi connectivity index (χ4n) is 2.08. The van der Waals surface area contributed by atoms with Crippen molar-refractivity contribution in [2.45, 2.75) is 51.9 Å². The molecule has 1 aromatic carbocycles. The maximum absolute atomic E-state index is 11.9. The Hall–Kier alpha value is -1.79. The zero-order valence-corrected chi connectivity index (χ0v) is 13.6. The third-order valence-corrected chi connectivity index (χ3v) is 3.06. The maximum atomic E-state index is 11.9. The molecule has 22 heavy (non-hydrogen) atoms. The number of benzene rings is 1. The summed E-state index contributed by atoms with van der Waals surface area (Å²) in [5, 5.41) is 23.0. The van der Waals surface area contributed by atoms with Crippen LogP contribution >= 0.6 is 0 Å². The van der Waals surface area contributed by atoms with Crippen LogP contribution in [0.5, 0.6) is 5.75 Å². The van der Waals surface area contributed by atoms with E-state index in [0.717, 1.165) is 5.56 Å². The van der Waals surface area contributed by atoms with Crippen LogP contribution in [-0.2, 0) is 4.74 Å². The molecular formula is C16H26N2O4. The summed E-state index contributed by atoms with van der Waals surface area (Å²) in [4.78, 5) is 11.9. The lowest BCUT2D eigenvalue weighted by Crippen LogP contribution is -2.43. The Bertz CT molecular complexity index is 511. The molecule has 0 aliphatic carbocycles. The first-order valence-electron chi connectivity index (χ1n) is 7.31. The standard InChI is InChI=1S/C16H26N2O4/c1-10-5-6-13(19)11(9-10)14(20)12(7-8-17)18-15(21)22-16(2,3)4/h5-6,9,12,14,19-20H,7-8,17H2,1-4H3,(H,18,21). The first kappa shape index (κ1) is 18.3. The molecule has 0 heterocycles. The highest BCUT2D eigenvalue weighted by molar-refractivity contribution is 5.68. The Morgan fingerprint density at radius 3 is 2.59 bits per heavy atom. The van der Waals surface area contributed by atoms with Crippen LogP contribution in [0, 0.1) is 6.92 Å². The summed E-state index contributed by atoms with van der Waals surface area (Å²) < 4.78 is 5.19. The minimum absolute atomic E-state index is 0.0221. The van der Waals surface area contributed by atoms with Gasteiger partial charge in [-0.1, -0.05) is 11.6 Å². The van der Waals surface area contributed by atoms with Gasteiger partial charge in [-0.25, -0.2) is 4.79 Å². The van der Waals surface area contributed by atoms with Crippen molar-refractivity contribution in [2.24, 2.45) is 5.73 Å². The molecule has 0 aliphatic rings. The van der Waals surface area contributed by atoms with Crippen molar-refractivity contribution in [3.63, 3.8) is 0 Å². The molecule has 6 nitrogen and oxygen atoms in total. The van der Waals surface area contributed by atoms with Crippen LogP contribution in [-0.4, -0.2) is 34.5 Å². The summed E-state index contributed by atoms with van der Waals surface area (Å²) in [7, 11) is 0. The van der Waals surface area contributed by atoms with Gasteiger partial charge in [-0.05, 0) is 52.8 Å². The Balaban J connectivity index is 2.89. The van der Waals surface area contributed by atoms with Gasteiger partial charge in [0.1, 0.15) is 17.5 Å². The molecule has 0 aromatic heterocycles. The fourth-order valence-corrected chi connectivity index (χ4v) is 2.08. The van der Waals surface area contributed by atoms with Crippen LogP contribution in [0.15, 0.2) is 18.2 Å². The summed E-state index contributed by atoms with van der Waals surface area (Å²) in [5.74, 6) is -0.0221. The molecule has 1 aromatic rings. The molecule has 1 rings (SSSR count). The summed E-state index contributed by atoms with van der Waals surface area (Å²) in [6, 6.07) is 4.29. The Morgan fingerprint density at radius 2 is 2.05 bits per heavy atom. The predicted molar refractivity (Wildman–Crippen MR) is 84.6 cm³/mol. The molecule has 124 valence electrons. The number of phenols is 1. The van der Waals surface area contributed by atoms with Gasteiger partial charge in [0.05, 0.1) is 6.04 Å². The van der Waals surface area contributed by atoms with E-state index >= 15 is 0 Å². The molecule has 0 radical (unpaired) electrons. The number of hydrogen-bond donors (Lipinski definition) is 4. The predicted octanol–water partition coefficient (Wildman–Crippen LogP) is 1.98. The van der Waals surface area contributed by atoms with E-state index in [1.807, 2.05) is 6.92 Å². The highest BCUT2D eigenvalue weighted by Gasteiger charge is 2.26. The Labute approximate surface area is 131 Å². The molecule has 0 saturated heterocycles. The van der Waals surface area contributed by atoms with Crippen LogP contribution in [0.2, 0.25) is 0 Å². The number of amides is 1. The lowest BCUT2D eigenvalue weighted by Gasteiger charge is -2.27. The number of carbonyl (C=O) groups is 1. The first-order chi connectivity index (χ1) is 10.1. The van der Waals surface area contributed by atoms with Crippen LogP contribution in [0.1, 0.15) is 44.4 Å². The van der Waals surface area contributed by atoms with Crippen molar-refractivity contribution < 1.29 is 19.7 Å². The second-order valence-corrected chi connectivity index (χ2v) is 6.34. The molecular weight excluding hydrogens is 284 g/mol. The second-order valence-electron chi connectivity index (χ2n) is 6.34. The van der Waals surface area contributed by atoms with Gasteiger partial charge in [0, 0.05) is 5.56 Å². The quantitative estimate of drug-likeness (QED) is 0.665. The lowest BCUT2D eigenvalue weighted by atomic mass is 9.97. The minimum atomic E-state index is -1.07. The number of alkyl carbamates (subject to hydrolysis) is 1. The lowest BCUT2D eigenvalue weighted by molar-refractivity contribution is 0.0413. The average Bonchev–Trinajstić information content (AvgIpc) is 2.38. The van der Waals surface area contributed by atoms with Gasteiger partial charge >= 0.3 is 6.09 Å². The highest BCUT2D eigenvalue weighted by atomic mass is 16.6. The summed E-state index contributed by atoms with van der Waals surface area (Å²) in [6.45, 7) is 7.41. The molecule has 5 N–H and O–H groups in total. The van der Waals surface area contributed by atoms with Gasteiger partial charge in [0.25, 0.3) is 0 Å². The Kier molecular flexibility index (Phi) is 6.20. The van der Waals surface area contributed by atoms with Gasteiger partial charge in [-0.2, -0.15) is 0 Å². The molecule has 1 amide bonds. The summed E-state index contributed by atoms with van der Waals surface area (Å²) in [5.41, 5.74) is 6.17. The van der Waals surface area contributed by atoms with Gasteiger partial charge in [0.2, 0.25) is 0 Å². The van der Waals surface area contributed by atoms with E-state index in [1.165, 1.54) is 6.07 Å². The van der Waals surface area contributed by atoms with Gasteiger partial charge in [0.15, 0.2) is 0 Å². The van der Waals surface area contributed by atoms with Crippen LogP contribution in [0.3, 0.4) is 0 Å². The molecule has 2 unspecified atom stereocenters. The fraction of sp³-hybridized carbons (Fsp3) is 0.562. The van der Waals surface area contributed by atoms with E-state index in [2.05, 4.69) is 5.32 Å². The van der Waals surface area contributed by atoms with Crippen molar-refractivity contribution >= 4 is 6.09 Å². The number of aliphatic hydroxyl groups excluding tert-OH is 1. The van der Waals surface area contributed by atoms with E-state index in [9.17, 15) is 15.0 Å². The number of hydrogen-bond acceptors (Lipinski definition) is 5. The maximum Gasteiger partial charge on any atom is 0.407 e. The summed E-state index contributed by atoms with van der Waals surface area (Å²) >= 11 is 0. The van der Waals surface area contributed by atoms with E-state index in [0.29, 0.717) is 12.0 Å². The van der Waals surface area contributed by atoms with E-state index in [-0.39, 0.29) is 12.3 Å². The normalized spacial score (nSPS) is 14.3. The second kappa shape index (κ2) is 7.47. The Morgan fingerprint density at radius 1 is 1.41 bits per heavy atom. The molecule has 6 heteroatoms. The number of carbonyl (C=O) groups excluding carboxylic acids is 1. The van der Waals surface area contributed by atoms with E-state index in [4.69, 9.17) is 10.5 Å². The SMILES string of the molecule is Cc1ccc(O)c(C(O)C(CCN)NC(=O)OC(C)(C)C)c1. The number of nitrogens with two attached hydrogens (primary N) is 1. The summed E-state index contributed by atoms with van der Waals surface area (Å²) in [6.07, 6.45) is -1.35. The van der Waals surface area contributed by atoms with Crippen molar-refractivity contribution in [2.75, 3.05) is 6.54 Å². The van der Waals surface area contributed by atoms with Crippen molar-refractivity contribution in [3.05, 3.63) is 29.3 Å². The molecule has 0 fully saturated rings. The first-order valence-corrected chi connectivity index (χ1v) is 7.31. The number of nitrogens with one attached hydrogen (secondary N) is 1.